The SMILES string of the molecule is COC(=O)c1ccc(CN2Cc3ccccc3OC3(CCN(C)CC3)C2)cc1. The smallest absolute Gasteiger partial charge is 0.337 e. The molecule has 0 N–H and O–H groups in total. The third kappa shape index (κ3) is 4.05. The summed E-state index contributed by atoms with van der Waals surface area (Å²) in [6.07, 6.45) is 2.07. The van der Waals surface area contributed by atoms with Crippen LogP contribution in [0.2, 0.25) is 0 Å². The fourth-order valence-electron chi connectivity index (χ4n) is 4.22. The molecule has 0 radical (unpaired) electrons. The van der Waals surface area contributed by atoms with E-state index in [-0.39, 0.29) is 11.6 Å². The van der Waals surface area contributed by atoms with Crippen LogP contribution in [0.1, 0.15) is 34.3 Å². The Morgan fingerprint density at radius 2 is 1.82 bits per heavy atom. The Balaban J connectivity index is 1.56. The van der Waals surface area contributed by atoms with Gasteiger partial charge in [0.05, 0.1) is 12.7 Å². The lowest BCUT2D eigenvalue weighted by molar-refractivity contribution is -0.0146. The molecule has 2 heterocycles. The van der Waals surface area contributed by atoms with Gasteiger partial charge in [0.15, 0.2) is 0 Å². The molecule has 28 heavy (non-hydrogen) atoms. The first-order chi connectivity index (χ1) is 13.6. The Morgan fingerprint density at radius 3 is 2.54 bits per heavy atom. The van der Waals surface area contributed by atoms with Crippen LogP contribution in [0.15, 0.2) is 48.5 Å². The van der Waals surface area contributed by atoms with Crippen LogP contribution in [0.5, 0.6) is 5.75 Å². The van der Waals surface area contributed by atoms with Crippen molar-refractivity contribution < 1.29 is 14.3 Å². The number of methoxy groups -OCH3 is 1. The lowest BCUT2D eigenvalue weighted by Crippen LogP contribution is -2.52. The van der Waals surface area contributed by atoms with Crippen LogP contribution in [0.25, 0.3) is 0 Å². The van der Waals surface area contributed by atoms with Crippen molar-refractivity contribution in [3.63, 3.8) is 0 Å². The number of ether oxygens (including phenoxy) is 2. The van der Waals surface area contributed by atoms with Crippen LogP contribution >= 0.6 is 0 Å². The largest absolute Gasteiger partial charge is 0.486 e. The number of carbonyl (C=O) groups excluding carboxylic acids is 1. The van der Waals surface area contributed by atoms with Crippen molar-refractivity contribution in [1.29, 1.82) is 0 Å². The highest BCUT2D eigenvalue weighted by molar-refractivity contribution is 5.89. The maximum absolute atomic E-state index is 11.7. The molecule has 0 unspecified atom stereocenters. The van der Waals surface area contributed by atoms with E-state index in [1.807, 2.05) is 24.3 Å². The maximum atomic E-state index is 11.7. The van der Waals surface area contributed by atoms with Crippen LogP contribution < -0.4 is 4.74 Å². The Hall–Kier alpha value is -2.37. The van der Waals surface area contributed by atoms with Gasteiger partial charge in [-0.25, -0.2) is 4.79 Å². The van der Waals surface area contributed by atoms with Crippen LogP contribution in [0.4, 0.5) is 0 Å². The topological polar surface area (TPSA) is 42.0 Å². The molecule has 1 saturated heterocycles. The fourth-order valence-corrected chi connectivity index (χ4v) is 4.22. The van der Waals surface area contributed by atoms with Gasteiger partial charge < -0.3 is 14.4 Å². The number of rotatable bonds is 3. The molecular weight excluding hydrogens is 352 g/mol. The van der Waals surface area contributed by atoms with Crippen LogP contribution in [-0.4, -0.2) is 55.2 Å². The zero-order valence-corrected chi connectivity index (χ0v) is 16.7. The second-order valence-corrected chi connectivity index (χ2v) is 8.03. The van der Waals surface area contributed by atoms with Crippen molar-refractivity contribution in [2.45, 2.75) is 31.5 Å². The lowest BCUT2D eigenvalue weighted by Gasteiger charge is -2.42. The summed E-state index contributed by atoms with van der Waals surface area (Å²) in [5, 5.41) is 0. The standard InChI is InChI=1S/C23H28N2O3/c1-24-13-11-23(12-14-24)17-25(16-20-5-3-4-6-21(20)28-23)15-18-7-9-19(10-8-18)22(26)27-2/h3-10H,11-17H2,1-2H3. The molecule has 4 rings (SSSR count). The summed E-state index contributed by atoms with van der Waals surface area (Å²) in [5.74, 6) is 0.726. The molecule has 5 heteroatoms. The number of esters is 1. The Kier molecular flexibility index (Phi) is 5.38. The first-order valence-electron chi connectivity index (χ1n) is 9.92. The Labute approximate surface area is 166 Å². The number of piperidine rings is 1. The second kappa shape index (κ2) is 7.94. The van der Waals surface area contributed by atoms with Crippen molar-refractivity contribution in [2.24, 2.45) is 0 Å². The molecule has 1 spiro atoms. The monoisotopic (exact) mass is 380 g/mol. The Morgan fingerprint density at radius 1 is 1.11 bits per heavy atom. The highest BCUT2D eigenvalue weighted by Gasteiger charge is 2.40. The van der Waals surface area contributed by atoms with E-state index in [1.165, 1.54) is 18.2 Å². The third-order valence-electron chi connectivity index (χ3n) is 5.88. The minimum Gasteiger partial charge on any atom is -0.486 e. The van der Waals surface area contributed by atoms with Gasteiger partial charge in [-0.2, -0.15) is 0 Å². The average Bonchev–Trinajstić information content (AvgIpc) is 2.86. The summed E-state index contributed by atoms with van der Waals surface area (Å²) < 4.78 is 11.4. The lowest BCUT2D eigenvalue weighted by atomic mass is 9.90. The van der Waals surface area contributed by atoms with Gasteiger partial charge in [0.25, 0.3) is 0 Å². The number of hydrogen-bond acceptors (Lipinski definition) is 5. The van der Waals surface area contributed by atoms with Crippen molar-refractivity contribution in [3.8, 4) is 5.75 Å². The Bertz CT molecular complexity index is 826. The van der Waals surface area contributed by atoms with Crippen molar-refractivity contribution in [1.82, 2.24) is 9.80 Å². The van der Waals surface area contributed by atoms with Gasteiger partial charge in [-0.1, -0.05) is 30.3 Å². The number of nitrogens with zero attached hydrogens (tertiary/aromatic N) is 2. The molecule has 2 aliphatic rings. The molecule has 0 aliphatic carbocycles. The third-order valence-corrected chi connectivity index (χ3v) is 5.88. The molecule has 2 aromatic carbocycles. The number of fused-ring (bicyclic) bond motifs is 1. The van der Waals surface area contributed by atoms with Crippen molar-refractivity contribution in [3.05, 3.63) is 65.2 Å². The van der Waals surface area contributed by atoms with Gasteiger partial charge in [0, 0.05) is 51.1 Å². The molecule has 0 aromatic heterocycles. The van der Waals surface area contributed by atoms with Gasteiger partial charge in [-0.3, -0.25) is 4.90 Å². The predicted octanol–water partition coefficient (Wildman–Crippen LogP) is 3.33. The number of likely N-dealkylation sites (tertiary alicyclic amines) is 1. The summed E-state index contributed by atoms with van der Waals surface area (Å²) in [4.78, 5) is 16.5. The second-order valence-electron chi connectivity index (χ2n) is 8.03. The van der Waals surface area contributed by atoms with Crippen LogP contribution in [0, 0.1) is 0 Å². The molecule has 0 amide bonds. The minimum absolute atomic E-state index is 0.134. The van der Waals surface area contributed by atoms with Gasteiger partial charge in [-0.15, -0.1) is 0 Å². The normalized spacial score (nSPS) is 19.5. The van der Waals surface area contributed by atoms with E-state index in [2.05, 4.69) is 41.1 Å². The number of carbonyl (C=O) groups is 1. The van der Waals surface area contributed by atoms with Crippen molar-refractivity contribution >= 4 is 5.97 Å². The highest BCUT2D eigenvalue weighted by atomic mass is 16.5. The quantitative estimate of drug-likeness (QED) is 0.764. The van der Waals surface area contributed by atoms with E-state index >= 15 is 0 Å². The van der Waals surface area contributed by atoms with E-state index < -0.39 is 0 Å². The molecule has 5 nitrogen and oxygen atoms in total. The van der Waals surface area contributed by atoms with E-state index in [0.29, 0.717) is 5.56 Å². The summed E-state index contributed by atoms with van der Waals surface area (Å²) in [7, 11) is 3.59. The summed E-state index contributed by atoms with van der Waals surface area (Å²) in [6, 6.07) is 16.1. The molecule has 0 saturated carbocycles. The molecule has 148 valence electrons. The predicted molar refractivity (Wildman–Crippen MR) is 108 cm³/mol. The van der Waals surface area contributed by atoms with Gasteiger partial charge in [0.1, 0.15) is 11.4 Å². The maximum Gasteiger partial charge on any atom is 0.337 e. The summed E-state index contributed by atoms with van der Waals surface area (Å²) >= 11 is 0. The van der Waals surface area contributed by atoms with E-state index in [1.54, 1.807) is 0 Å². The zero-order chi connectivity index (χ0) is 19.6. The fraction of sp³-hybridized carbons (Fsp3) is 0.435. The van der Waals surface area contributed by atoms with Gasteiger partial charge in [-0.05, 0) is 30.8 Å². The van der Waals surface area contributed by atoms with E-state index in [0.717, 1.165) is 51.3 Å². The summed E-state index contributed by atoms with van der Waals surface area (Å²) in [5.41, 5.74) is 2.88. The summed E-state index contributed by atoms with van der Waals surface area (Å²) in [6.45, 7) is 4.73. The number of para-hydroxylation sites is 1. The molecule has 0 bridgehead atoms. The molecule has 0 atom stereocenters. The molecule has 1 fully saturated rings. The van der Waals surface area contributed by atoms with Crippen LogP contribution in [-0.2, 0) is 17.8 Å². The zero-order valence-electron chi connectivity index (χ0n) is 16.7. The van der Waals surface area contributed by atoms with E-state index in [9.17, 15) is 4.79 Å². The first kappa shape index (κ1) is 19.0. The minimum atomic E-state index is -0.297. The first-order valence-corrected chi connectivity index (χ1v) is 9.92. The van der Waals surface area contributed by atoms with Gasteiger partial charge in [0.2, 0.25) is 0 Å². The number of hydrogen-bond donors (Lipinski definition) is 0. The van der Waals surface area contributed by atoms with Crippen LogP contribution in [0.3, 0.4) is 0 Å². The molecule has 2 aromatic rings. The number of benzene rings is 2. The highest BCUT2D eigenvalue weighted by Crippen LogP contribution is 2.35. The average molecular weight is 380 g/mol. The molecular formula is C23H28N2O3. The van der Waals surface area contributed by atoms with Crippen molar-refractivity contribution in [2.75, 3.05) is 33.8 Å². The van der Waals surface area contributed by atoms with Gasteiger partial charge >= 0.3 is 5.97 Å². The molecule has 2 aliphatic heterocycles. The van der Waals surface area contributed by atoms with E-state index in [4.69, 9.17) is 9.47 Å².